The molecule has 0 radical (unpaired) electrons. The number of aromatic nitrogens is 1. The summed E-state index contributed by atoms with van der Waals surface area (Å²) in [5.74, 6) is 0.334. The van der Waals surface area contributed by atoms with Crippen molar-refractivity contribution in [1.29, 1.82) is 0 Å². The van der Waals surface area contributed by atoms with Crippen LogP contribution in [0.5, 0.6) is 5.75 Å². The zero-order valence-electron chi connectivity index (χ0n) is 13.0. The van der Waals surface area contributed by atoms with Gasteiger partial charge in [0.1, 0.15) is 10.8 Å². The van der Waals surface area contributed by atoms with E-state index in [4.69, 9.17) is 4.74 Å². The first-order valence-electron chi connectivity index (χ1n) is 7.63. The molecule has 2 aromatic rings. The second-order valence-electron chi connectivity index (χ2n) is 4.96. The minimum Gasteiger partial charge on any atom is -0.426 e. The van der Waals surface area contributed by atoms with Gasteiger partial charge in [-0.3, -0.25) is 4.79 Å². The predicted octanol–water partition coefficient (Wildman–Crippen LogP) is 5.02. The van der Waals surface area contributed by atoms with E-state index in [-0.39, 0.29) is 5.97 Å². The molecule has 0 saturated heterocycles. The lowest BCUT2D eigenvalue weighted by atomic mass is 10.2. The van der Waals surface area contributed by atoms with Crippen LogP contribution in [0, 0.1) is 0 Å². The maximum atomic E-state index is 11.6. The van der Waals surface area contributed by atoms with Crippen LogP contribution in [-0.4, -0.2) is 11.0 Å². The second-order valence-corrected chi connectivity index (χ2v) is 6.08. The van der Waals surface area contributed by atoms with Gasteiger partial charge in [-0.05, 0) is 37.1 Å². The Hall–Kier alpha value is -1.94. The van der Waals surface area contributed by atoms with Crippen molar-refractivity contribution in [2.24, 2.45) is 0 Å². The molecule has 0 unspecified atom stereocenters. The number of carbonyl (C=O) groups is 1. The topological polar surface area (TPSA) is 39.2 Å². The van der Waals surface area contributed by atoms with Crippen molar-refractivity contribution in [3.05, 3.63) is 47.5 Å². The van der Waals surface area contributed by atoms with E-state index in [1.807, 2.05) is 49.5 Å². The molecule has 0 amide bonds. The Morgan fingerprint density at radius 3 is 2.68 bits per heavy atom. The van der Waals surface area contributed by atoms with Gasteiger partial charge in [-0.25, -0.2) is 4.98 Å². The van der Waals surface area contributed by atoms with Crippen molar-refractivity contribution in [3.8, 4) is 16.3 Å². The first-order valence-corrected chi connectivity index (χ1v) is 8.45. The Balaban J connectivity index is 1.97. The summed E-state index contributed by atoms with van der Waals surface area (Å²) in [4.78, 5) is 17.4. The molecule has 0 saturated carbocycles. The van der Waals surface area contributed by atoms with E-state index in [9.17, 15) is 4.79 Å². The van der Waals surface area contributed by atoms with Crippen molar-refractivity contribution >= 4 is 17.3 Å². The number of carbonyl (C=O) groups excluding carboxylic acids is 1. The second kappa shape index (κ2) is 8.49. The Labute approximate surface area is 135 Å². The molecular formula is C18H21NO2S. The van der Waals surface area contributed by atoms with Gasteiger partial charge in [0, 0.05) is 16.6 Å². The van der Waals surface area contributed by atoms with E-state index in [2.05, 4.69) is 11.9 Å². The fourth-order valence-electron chi connectivity index (χ4n) is 1.99. The average Bonchev–Trinajstić information content (AvgIpc) is 2.97. The molecule has 1 heterocycles. The number of aryl methyl sites for hydroxylation is 1. The number of hydrogen-bond donors (Lipinski definition) is 0. The van der Waals surface area contributed by atoms with Crippen LogP contribution in [0.3, 0.4) is 0 Å². The standard InChI is InChI=1S/C18H21NO2S/c1-3-5-6-8-17(20)21-15-11-9-14(10-12-15)18-19-13-16(22-18)7-4-2/h5-6,9-13H,3-4,7-8H2,1-2H3. The van der Waals surface area contributed by atoms with Crippen LogP contribution in [-0.2, 0) is 11.2 Å². The van der Waals surface area contributed by atoms with Crippen LogP contribution >= 0.6 is 11.3 Å². The maximum absolute atomic E-state index is 11.6. The molecule has 116 valence electrons. The quantitative estimate of drug-likeness (QED) is 0.409. The van der Waals surface area contributed by atoms with E-state index < -0.39 is 0 Å². The first-order chi connectivity index (χ1) is 10.7. The normalized spacial score (nSPS) is 11.0. The number of esters is 1. The molecule has 0 spiro atoms. The van der Waals surface area contributed by atoms with Gasteiger partial charge in [-0.1, -0.05) is 32.4 Å². The number of benzene rings is 1. The number of nitrogens with zero attached hydrogens (tertiary/aromatic N) is 1. The van der Waals surface area contributed by atoms with Gasteiger partial charge in [0.2, 0.25) is 0 Å². The summed E-state index contributed by atoms with van der Waals surface area (Å²) in [6.45, 7) is 4.20. The molecule has 4 heteroatoms. The predicted molar refractivity (Wildman–Crippen MR) is 91.2 cm³/mol. The summed E-state index contributed by atoms with van der Waals surface area (Å²) < 4.78 is 5.29. The van der Waals surface area contributed by atoms with Crippen molar-refractivity contribution in [1.82, 2.24) is 4.98 Å². The van der Waals surface area contributed by atoms with Crippen molar-refractivity contribution in [3.63, 3.8) is 0 Å². The highest BCUT2D eigenvalue weighted by atomic mass is 32.1. The van der Waals surface area contributed by atoms with Crippen LogP contribution < -0.4 is 4.74 Å². The lowest BCUT2D eigenvalue weighted by Crippen LogP contribution is -2.05. The van der Waals surface area contributed by atoms with Gasteiger partial charge in [0.25, 0.3) is 0 Å². The summed E-state index contributed by atoms with van der Waals surface area (Å²) in [7, 11) is 0. The molecule has 0 bridgehead atoms. The average molecular weight is 315 g/mol. The fraction of sp³-hybridized carbons (Fsp3) is 0.333. The van der Waals surface area contributed by atoms with Crippen molar-refractivity contribution < 1.29 is 9.53 Å². The van der Waals surface area contributed by atoms with Crippen molar-refractivity contribution in [2.45, 2.75) is 39.5 Å². The van der Waals surface area contributed by atoms with Gasteiger partial charge in [-0.15, -0.1) is 11.3 Å². The maximum Gasteiger partial charge on any atom is 0.315 e. The zero-order chi connectivity index (χ0) is 15.8. The van der Waals surface area contributed by atoms with Crippen LogP contribution in [0.2, 0.25) is 0 Å². The summed E-state index contributed by atoms with van der Waals surface area (Å²) in [6.07, 6.45) is 9.17. The molecule has 0 aliphatic heterocycles. The zero-order valence-corrected chi connectivity index (χ0v) is 13.9. The van der Waals surface area contributed by atoms with E-state index >= 15 is 0 Å². The van der Waals surface area contributed by atoms with E-state index in [1.54, 1.807) is 11.3 Å². The third-order valence-corrected chi connectivity index (χ3v) is 4.18. The molecule has 1 aromatic carbocycles. The Kier molecular flexibility index (Phi) is 6.34. The number of allylic oxidation sites excluding steroid dienone is 1. The fourth-order valence-corrected chi connectivity index (χ4v) is 3.01. The van der Waals surface area contributed by atoms with E-state index in [0.29, 0.717) is 12.2 Å². The van der Waals surface area contributed by atoms with Crippen LogP contribution in [0.15, 0.2) is 42.6 Å². The smallest absolute Gasteiger partial charge is 0.315 e. The Morgan fingerprint density at radius 2 is 2.00 bits per heavy atom. The van der Waals surface area contributed by atoms with Crippen molar-refractivity contribution in [2.75, 3.05) is 0 Å². The molecule has 0 aliphatic rings. The summed E-state index contributed by atoms with van der Waals surface area (Å²) in [6, 6.07) is 7.52. The highest BCUT2D eigenvalue weighted by Crippen LogP contribution is 2.27. The highest BCUT2D eigenvalue weighted by Gasteiger charge is 2.06. The number of rotatable bonds is 7. The third-order valence-electron chi connectivity index (χ3n) is 3.07. The largest absolute Gasteiger partial charge is 0.426 e. The molecule has 22 heavy (non-hydrogen) atoms. The van der Waals surface area contributed by atoms with Gasteiger partial charge in [-0.2, -0.15) is 0 Å². The molecule has 1 aromatic heterocycles. The minimum atomic E-state index is -0.239. The van der Waals surface area contributed by atoms with Gasteiger partial charge in [0.05, 0.1) is 6.42 Å². The van der Waals surface area contributed by atoms with Gasteiger partial charge in [0.15, 0.2) is 0 Å². The summed E-state index contributed by atoms with van der Waals surface area (Å²) in [5, 5.41) is 1.01. The number of ether oxygens (including phenoxy) is 1. The van der Waals surface area contributed by atoms with Gasteiger partial charge < -0.3 is 4.74 Å². The lowest BCUT2D eigenvalue weighted by molar-refractivity contribution is -0.133. The SMILES string of the molecule is CCC=CCC(=O)Oc1ccc(-c2ncc(CCC)s2)cc1. The summed E-state index contributed by atoms with van der Waals surface area (Å²) in [5.41, 5.74) is 1.05. The van der Waals surface area contributed by atoms with Crippen LogP contribution in [0.1, 0.15) is 38.0 Å². The molecular weight excluding hydrogens is 294 g/mol. The van der Waals surface area contributed by atoms with Crippen LogP contribution in [0.25, 0.3) is 10.6 Å². The van der Waals surface area contributed by atoms with Crippen LogP contribution in [0.4, 0.5) is 0 Å². The Morgan fingerprint density at radius 1 is 1.23 bits per heavy atom. The minimum absolute atomic E-state index is 0.239. The molecule has 2 rings (SSSR count). The van der Waals surface area contributed by atoms with E-state index in [0.717, 1.165) is 29.8 Å². The highest BCUT2D eigenvalue weighted by molar-refractivity contribution is 7.15. The third kappa shape index (κ3) is 4.81. The number of thiazole rings is 1. The molecule has 3 nitrogen and oxygen atoms in total. The Bertz CT molecular complexity index is 629. The van der Waals surface area contributed by atoms with E-state index in [1.165, 1.54) is 4.88 Å². The first kappa shape index (κ1) is 16.4. The van der Waals surface area contributed by atoms with Gasteiger partial charge >= 0.3 is 5.97 Å². The molecule has 0 N–H and O–H groups in total. The summed E-state index contributed by atoms with van der Waals surface area (Å²) >= 11 is 1.72. The molecule has 0 aliphatic carbocycles. The molecule has 0 atom stereocenters. The molecule has 0 fully saturated rings. The number of hydrogen-bond acceptors (Lipinski definition) is 4. The monoisotopic (exact) mass is 315 g/mol. The lowest BCUT2D eigenvalue weighted by Gasteiger charge is -2.03.